The van der Waals surface area contributed by atoms with Crippen molar-refractivity contribution in [3.05, 3.63) is 16.1 Å². The molecular formula is C13H23Cl2N3OS. The van der Waals surface area contributed by atoms with Crippen molar-refractivity contribution >= 4 is 42.1 Å². The lowest BCUT2D eigenvalue weighted by Gasteiger charge is -2.18. The Morgan fingerprint density at radius 2 is 2.15 bits per heavy atom. The largest absolute Gasteiger partial charge is 0.336 e. The van der Waals surface area contributed by atoms with Crippen LogP contribution in [0, 0.1) is 5.92 Å². The number of thiazole rings is 1. The lowest BCUT2D eigenvalue weighted by molar-refractivity contribution is 0.0761. The first-order chi connectivity index (χ1) is 8.66. The van der Waals surface area contributed by atoms with Gasteiger partial charge >= 0.3 is 0 Å². The Morgan fingerprint density at radius 3 is 2.85 bits per heavy atom. The fourth-order valence-corrected chi connectivity index (χ4v) is 3.04. The van der Waals surface area contributed by atoms with Crippen LogP contribution in [-0.2, 0) is 6.42 Å². The normalized spacial score (nSPS) is 15.2. The number of amides is 1. The van der Waals surface area contributed by atoms with Crippen LogP contribution in [0.2, 0.25) is 0 Å². The molecule has 1 amide bonds. The summed E-state index contributed by atoms with van der Waals surface area (Å²) < 4.78 is 0. The number of halogens is 2. The van der Waals surface area contributed by atoms with Gasteiger partial charge in [0.25, 0.3) is 5.91 Å². The Kier molecular flexibility index (Phi) is 9.38. The first-order valence-corrected chi connectivity index (χ1v) is 7.49. The molecule has 1 N–H and O–H groups in total. The topological polar surface area (TPSA) is 45.2 Å². The molecule has 116 valence electrons. The number of hydrogen-bond acceptors (Lipinski definition) is 4. The van der Waals surface area contributed by atoms with Gasteiger partial charge in [0, 0.05) is 31.4 Å². The molecule has 2 heterocycles. The lowest BCUT2D eigenvalue weighted by Crippen LogP contribution is -2.34. The molecule has 1 saturated heterocycles. The van der Waals surface area contributed by atoms with Crippen LogP contribution in [0.3, 0.4) is 0 Å². The second-order valence-corrected chi connectivity index (χ2v) is 6.06. The zero-order chi connectivity index (χ0) is 13.0. The van der Waals surface area contributed by atoms with E-state index in [9.17, 15) is 4.79 Å². The maximum atomic E-state index is 12.3. The Labute approximate surface area is 137 Å². The fourth-order valence-electron chi connectivity index (χ4n) is 2.06. The molecule has 0 unspecified atom stereocenters. The monoisotopic (exact) mass is 339 g/mol. The molecular weight excluding hydrogens is 317 g/mol. The van der Waals surface area contributed by atoms with Crippen molar-refractivity contribution in [2.45, 2.75) is 26.7 Å². The Bertz CT molecular complexity index is 404. The molecule has 1 fully saturated rings. The van der Waals surface area contributed by atoms with E-state index < -0.39 is 0 Å². The number of carbonyl (C=O) groups is 1. The minimum Gasteiger partial charge on any atom is -0.336 e. The van der Waals surface area contributed by atoms with Gasteiger partial charge < -0.3 is 10.2 Å². The average molecular weight is 340 g/mol. The highest BCUT2D eigenvalue weighted by molar-refractivity contribution is 7.09. The zero-order valence-electron chi connectivity index (χ0n) is 11.9. The van der Waals surface area contributed by atoms with Crippen molar-refractivity contribution in [3.8, 4) is 0 Å². The van der Waals surface area contributed by atoms with Crippen molar-refractivity contribution in [3.63, 3.8) is 0 Å². The van der Waals surface area contributed by atoms with Crippen LogP contribution in [0.1, 0.15) is 35.8 Å². The second-order valence-electron chi connectivity index (χ2n) is 5.12. The van der Waals surface area contributed by atoms with Crippen molar-refractivity contribution in [1.82, 2.24) is 15.2 Å². The van der Waals surface area contributed by atoms with E-state index in [0.717, 1.165) is 44.0 Å². The van der Waals surface area contributed by atoms with Crippen LogP contribution < -0.4 is 5.32 Å². The van der Waals surface area contributed by atoms with Gasteiger partial charge in [-0.05, 0) is 18.9 Å². The van der Waals surface area contributed by atoms with E-state index in [1.54, 1.807) is 11.3 Å². The van der Waals surface area contributed by atoms with E-state index in [1.807, 2.05) is 10.3 Å². The van der Waals surface area contributed by atoms with Gasteiger partial charge in [-0.25, -0.2) is 4.98 Å². The molecule has 20 heavy (non-hydrogen) atoms. The highest BCUT2D eigenvalue weighted by Gasteiger charge is 2.19. The smallest absolute Gasteiger partial charge is 0.273 e. The summed E-state index contributed by atoms with van der Waals surface area (Å²) >= 11 is 1.60. The minimum atomic E-state index is 0. The molecule has 0 radical (unpaired) electrons. The van der Waals surface area contributed by atoms with Crippen LogP contribution in [0.4, 0.5) is 0 Å². The Hall–Kier alpha value is -0.360. The summed E-state index contributed by atoms with van der Waals surface area (Å²) in [5.74, 6) is 0.673. The summed E-state index contributed by atoms with van der Waals surface area (Å²) in [6, 6.07) is 0. The highest BCUT2D eigenvalue weighted by Crippen LogP contribution is 2.16. The van der Waals surface area contributed by atoms with E-state index in [-0.39, 0.29) is 30.7 Å². The van der Waals surface area contributed by atoms with Crippen molar-refractivity contribution in [1.29, 1.82) is 0 Å². The number of carbonyl (C=O) groups excluding carboxylic acids is 1. The van der Waals surface area contributed by atoms with Crippen molar-refractivity contribution < 1.29 is 4.79 Å². The third-order valence-electron chi connectivity index (χ3n) is 2.98. The average Bonchev–Trinajstić information content (AvgIpc) is 2.63. The first kappa shape index (κ1) is 19.6. The van der Waals surface area contributed by atoms with Crippen molar-refractivity contribution in [2.24, 2.45) is 5.92 Å². The summed E-state index contributed by atoms with van der Waals surface area (Å²) in [4.78, 5) is 18.7. The fraction of sp³-hybridized carbons (Fsp3) is 0.692. The SMILES string of the molecule is CC(C)Cc1nc(C(=O)N2CCCNCC2)cs1.Cl.Cl. The maximum Gasteiger partial charge on any atom is 0.273 e. The summed E-state index contributed by atoms with van der Waals surface area (Å²) in [7, 11) is 0. The van der Waals surface area contributed by atoms with Crippen LogP contribution in [0.15, 0.2) is 5.38 Å². The third-order valence-corrected chi connectivity index (χ3v) is 3.85. The molecule has 0 spiro atoms. The summed E-state index contributed by atoms with van der Waals surface area (Å²) in [5, 5.41) is 6.27. The predicted molar refractivity (Wildman–Crippen MR) is 88.5 cm³/mol. The maximum absolute atomic E-state index is 12.3. The molecule has 1 aromatic rings. The third kappa shape index (κ3) is 5.56. The van der Waals surface area contributed by atoms with Gasteiger partial charge in [-0.1, -0.05) is 13.8 Å². The van der Waals surface area contributed by atoms with Gasteiger partial charge in [0.1, 0.15) is 5.69 Å². The van der Waals surface area contributed by atoms with E-state index >= 15 is 0 Å². The first-order valence-electron chi connectivity index (χ1n) is 6.61. The quantitative estimate of drug-likeness (QED) is 0.920. The summed E-state index contributed by atoms with van der Waals surface area (Å²) in [6.07, 6.45) is 1.98. The molecule has 2 rings (SSSR count). The predicted octanol–water partition coefficient (Wildman–Crippen LogP) is 2.62. The van der Waals surface area contributed by atoms with Gasteiger partial charge in [0.05, 0.1) is 5.01 Å². The molecule has 0 atom stereocenters. The summed E-state index contributed by atoms with van der Waals surface area (Å²) in [5.41, 5.74) is 0.623. The molecule has 4 nitrogen and oxygen atoms in total. The van der Waals surface area contributed by atoms with E-state index in [1.165, 1.54) is 0 Å². The standard InChI is InChI=1S/C13H21N3OS.2ClH/c1-10(2)8-12-15-11(9-18-12)13(17)16-6-3-4-14-5-7-16;;/h9-10,14H,3-8H2,1-2H3;2*1H. The highest BCUT2D eigenvalue weighted by atomic mass is 35.5. The van der Waals surface area contributed by atoms with Gasteiger partial charge in [0.2, 0.25) is 0 Å². The van der Waals surface area contributed by atoms with Gasteiger partial charge in [-0.15, -0.1) is 36.2 Å². The number of aromatic nitrogens is 1. The molecule has 1 aromatic heterocycles. The number of rotatable bonds is 3. The summed E-state index contributed by atoms with van der Waals surface area (Å²) in [6.45, 7) is 7.85. The van der Waals surface area contributed by atoms with Gasteiger partial charge in [-0.3, -0.25) is 4.79 Å². The number of nitrogens with one attached hydrogen (secondary N) is 1. The lowest BCUT2D eigenvalue weighted by atomic mass is 10.1. The van der Waals surface area contributed by atoms with E-state index in [4.69, 9.17) is 0 Å². The van der Waals surface area contributed by atoms with Crippen LogP contribution >= 0.6 is 36.2 Å². The van der Waals surface area contributed by atoms with Crippen LogP contribution in [0.5, 0.6) is 0 Å². The Balaban J connectivity index is 0.00000180. The Morgan fingerprint density at radius 1 is 1.40 bits per heavy atom. The second kappa shape index (κ2) is 9.55. The zero-order valence-corrected chi connectivity index (χ0v) is 14.4. The molecule has 0 aromatic carbocycles. The van der Waals surface area contributed by atoms with Crippen LogP contribution in [0.25, 0.3) is 0 Å². The molecule has 0 aliphatic carbocycles. The molecule has 1 aliphatic heterocycles. The van der Waals surface area contributed by atoms with Gasteiger partial charge in [0.15, 0.2) is 0 Å². The van der Waals surface area contributed by atoms with E-state index in [0.29, 0.717) is 11.6 Å². The van der Waals surface area contributed by atoms with Gasteiger partial charge in [-0.2, -0.15) is 0 Å². The molecule has 7 heteroatoms. The molecule has 1 aliphatic rings. The number of nitrogens with zero attached hydrogens (tertiary/aromatic N) is 2. The molecule has 0 bridgehead atoms. The minimum absolute atomic E-state index is 0. The van der Waals surface area contributed by atoms with E-state index in [2.05, 4.69) is 24.1 Å². The molecule has 0 saturated carbocycles. The number of hydrogen-bond donors (Lipinski definition) is 1. The van der Waals surface area contributed by atoms with Crippen LogP contribution in [-0.4, -0.2) is 42.0 Å². The van der Waals surface area contributed by atoms with Crippen molar-refractivity contribution in [2.75, 3.05) is 26.2 Å².